The minimum absolute atomic E-state index is 0.0851. The van der Waals surface area contributed by atoms with Gasteiger partial charge in [-0.25, -0.2) is 14.2 Å². The number of carbonyl (C=O) groups is 1. The van der Waals surface area contributed by atoms with Gasteiger partial charge in [-0.05, 0) is 42.2 Å². The number of pyridine rings is 1. The van der Waals surface area contributed by atoms with Gasteiger partial charge in [-0.3, -0.25) is 0 Å². The number of rotatable bonds is 4. The molecule has 0 atom stereocenters. The van der Waals surface area contributed by atoms with Crippen molar-refractivity contribution < 1.29 is 13.9 Å². The lowest BCUT2D eigenvalue weighted by molar-refractivity contribution is 0.0593. The first-order chi connectivity index (χ1) is 12.3. The molecular weight excluding hydrogens is 355 g/mol. The van der Waals surface area contributed by atoms with E-state index in [0.29, 0.717) is 22.7 Å². The van der Waals surface area contributed by atoms with E-state index in [1.807, 2.05) is 23.8 Å². The Morgan fingerprint density at radius 2 is 2.08 bits per heavy atom. The predicted molar refractivity (Wildman–Crippen MR) is 101 cm³/mol. The molecule has 0 aliphatic rings. The Morgan fingerprint density at radius 3 is 2.69 bits per heavy atom. The molecule has 0 radical (unpaired) electrons. The second kappa shape index (κ2) is 7.08. The van der Waals surface area contributed by atoms with Crippen molar-refractivity contribution in [3.63, 3.8) is 0 Å². The highest BCUT2D eigenvalue weighted by molar-refractivity contribution is 6.30. The average Bonchev–Trinajstić information content (AvgIpc) is 2.92. The summed E-state index contributed by atoms with van der Waals surface area (Å²) in [5, 5.41) is 0.944. The van der Waals surface area contributed by atoms with Crippen LogP contribution in [0, 0.1) is 18.7 Å². The maximum Gasteiger partial charge on any atom is 0.357 e. The van der Waals surface area contributed by atoms with Crippen molar-refractivity contribution >= 4 is 28.6 Å². The quantitative estimate of drug-likeness (QED) is 0.586. The van der Waals surface area contributed by atoms with Gasteiger partial charge in [0.1, 0.15) is 11.5 Å². The summed E-state index contributed by atoms with van der Waals surface area (Å²) in [5.41, 5.74) is 3.24. The highest BCUT2D eigenvalue weighted by Crippen LogP contribution is 2.33. The monoisotopic (exact) mass is 374 g/mol. The Hall–Kier alpha value is -2.40. The summed E-state index contributed by atoms with van der Waals surface area (Å²) in [5.74, 6) is -0.560. The van der Waals surface area contributed by atoms with Crippen LogP contribution in [0.15, 0.2) is 30.5 Å². The van der Waals surface area contributed by atoms with Crippen LogP contribution < -0.4 is 0 Å². The van der Waals surface area contributed by atoms with E-state index in [4.69, 9.17) is 16.3 Å². The number of nitrogens with zero attached hydrogens (tertiary/aromatic N) is 2. The SMILES string of the molecule is COC(=O)c1nc2c(cc1C)c(-c1ccc(Cl)c(F)c1)cn2CC(C)C. The highest BCUT2D eigenvalue weighted by Gasteiger charge is 2.19. The number of hydrogen-bond acceptors (Lipinski definition) is 3. The molecule has 4 nitrogen and oxygen atoms in total. The van der Waals surface area contributed by atoms with E-state index in [1.165, 1.54) is 13.2 Å². The first-order valence-electron chi connectivity index (χ1n) is 8.36. The smallest absolute Gasteiger partial charge is 0.357 e. The Balaban J connectivity index is 2.28. The normalized spacial score (nSPS) is 11.3. The Labute approximate surface area is 156 Å². The second-order valence-electron chi connectivity index (χ2n) is 6.73. The molecule has 0 spiro atoms. The molecule has 0 fully saturated rings. The Kier molecular flexibility index (Phi) is 5.01. The van der Waals surface area contributed by atoms with Crippen molar-refractivity contribution in [3.05, 3.63) is 52.6 Å². The number of benzene rings is 1. The maximum atomic E-state index is 14.0. The van der Waals surface area contributed by atoms with E-state index in [0.717, 1.165) is 17.5 Å². The van der Waals surface area contributed by atoms with Crippen LogP contribution in [-0.2, 0) is 11.3 Å². The zero-order valence-corrected chi connectivity index (χ0v) is 15.9. The largest absolute Gasteiger partial charge is 0.464 e. The molecule has 1 aromatic carbocycles. The van der Waals surface area contributed by atoms with Gasteiger partial charge >= 0.3 is 5.97 Å². The van der Waals surface area contributed by atoms with E-state index in [9.17, 15) is 9.18 Å². The van der Waals surface area contributed by atoms with E-state index in [-0.39, 0.29) is 10.7 Å². The standard InChI is InChI=1S/C20H20ClFN2O2/c1-11(2)9-24-10-15(13-5-6-16(21)17(22)8-13)14-7-12(3)18(20(25)26-4)23-19(14)24/h5-8,10-11H,9H2,1-4H3. The van der Waals surface area contributed by atoms with Crippen molar-refractivity contribution in [2.45, 2.75) is 27.3 Å². The zero-order valence-electron chi connectivity index (χ0n) is 15.1. The number of esters is 1. The molecular formula is C20H20ClFN2O2. The summed E-state index contributed by atoms with van der Waals surface area (Å²) in [6.45, 7) is 6.74. The lowest BCUT2D eigenvalue weighted by Gasteiger charge is -2.09. The van der Waals surface area contributed by atoms with E-state index in [2.05, 4.69) is 18.8 Å². The molecule has 136 valence electrons. The maximum absolute atomic E-state index is 14.0. The number of fused-ring (bicyclic) bond motifs is 1. The Bertz CT molecular complexity index is 995. The fourth-order valence-electron chi connectivity index (χ4n) is 3.04. The topological polar surface area (TPSA) is 44.1 Å². The number of carbonyl (C=O) groups excluding carboxylic acids is 1. The number of ether oxygens (including phenoxy) is 1. The van der Waals surface area contributed by atoms with Crippen molar-refractivity contribution in [2.24, 2.45) is 5.92 Å². The predicted octanol–water partition coefficient (Wildman–Crippen LogP) is 5.25. The molecule has 0 aliphatic heterocycles. The molecule has 3 aromatic rings. The van der Waals surface area contributed by atoms with E-state index < -0.39 is 11.8 Å². The highest BCUT2D eigenvalue weighted by atomic mass is 35.5. The third-order valence-electron chi connectivity index (χ3n) is 4.21. The number of methoxy groups -OCH3 is 1. The second-order valence-corrected chi connectivity index (χ2v) is 7.14. The molecule has 0 saturated carbocycles. The molecule has 0 amide bonds. The minimum Gasteiger partial charge on any atom is -0.464 e. The summed E-state index contributed by atoms with van der Waals surface area (Å²) >= 11 is 5.81. The molecule has 0 aliphatic carbocycles. The number of hydrogen-bond donors (Lipinski definition) is 0. The molecule has 6 heteroatoms. The lowest BCUT2D eigenvalue weighted by atomic mass is 10.0. The summed E-state index contributed by atoms with van der Waals surface area (Å²) in [6.07, 6.45) is 1.95. The zero-order chi connectivity index (χ0) is 19.0. The molecule has 2 aromatic heterocycles. The molecule has 0 bridgehead atoms. The van der Waals surface area contributed by atoms with Crippen LogP contribution in [0.1, 0.15) is 29.9 Å². The first-order valence-corrected chi connectivity index (χ1v) is 8.73. The summed E-state index contributed by atoms with van der Waals surface area (Å²) in [7, 11) is 1.34. The molecule has 0 saturated heterocycles. The van der Waals surface area contributed by atoms with Gasteiger partial charge in [0.2, 0.25) is 0 Å². The molecule has 0 unspecified atom stereocenters. The van der Waals surface area contributed by atoms with Gasteiger partial charge in [0.25, 0.3) is 0 Å². The van der Waals surface area contributed by atoms with Crippen molar-refractivity contribution in [3.8, 4) is 11.1 Å². The van der Waals surface area contributed by atoms with Crippen LogP contribution in [-0.4, -0.2) is 22.6 Å². The fraction of sp³-hybridized carbons (Fsp3) is 0.300. The van der Waals surface area contributed by atoms with Gasteiger partial charge in [0.15, 0.2) is 5.69 Å². The molecule has 26 heavy (non-hydrogen) atoms. The van der Waals surface area contributed by atoms with Gasteiger partial charge in [-0.2, -0.15) is 0 Å². The van der Waals surface area contributed by atoms with Crippen LogP contribution in [0.2, 0.25) is 5.02 Å². The van der Waals surface area contributed by atoms with Crippen LogP contribution in [0.3, 0.4) is 0 Å². The average molecular weight is 375 g/mol. The van der Waals surface area contributed by atoms with Gasteiger partial charge < -0.3 is 9.30 Å². The van der Waals surface area contributed by atoms with Gasteiger partial charge in [0, 0.05) is 23.7 Å². The summed E-state index contributed by atoms with van der Waals surface area (Å²) in [4.78, 5) is 16.6. The molecule has 2 heterocycles. The number of halogens is 2. The third-order valence-corrected chi connectivity index (χ3v) is 4.52. The van der Waals surface area contributed by atoms with Gasteiger partial charge in [-0.1, -0.05) is 31.5 Å². The first kappa shape index (κ1) is 18.4. The number of aryl methyl sites for hydroxylation is 1. The van der Waals surface area contributed by atoms with Crippen molar-refractivity contribution in [1.29, 1.82) is 0 Å². The van der Waals surface area contributed by atoms with Crippen molar-refractivity contribution in [2.75, 3.05) is 7.11 Å². The van der Waals surface area contributed by atoms with Gasteiger partial charge in [-0.15, -0.1) is 0 Å². The van der Waals surface area contributed by atoms with Crippen LogP contribution in [0.25, 0.3) is 22.2 Å². The van der Waals surface area contributed by atoms with Crippen LogP contribution >= 0.6 is 11.6 Å². The fourth-order valence-corrected chi connectivity index (χ4v) is 3.15. The Morgan fingerprint density at radius 1 is 1.35 bits per heavy atom. The van der Waals surface area contributed by atoms with Crippen LogP contribution in [0.5, 0.6) is 0 Å². The summed E-state index contributed by atoms with van der Waals surface area (Å²) < 4.78 is 20.8. The van der Waals surface area contributed by atoms with Crippen molar-refractivity contribution in [1.82, 2.24) is 9.55 Å². The lowest BCUT2D eigenvalue weighted by Crippen LogP contribution is -2.09. The van der Waals surface area contributed by atoms with Crippen LogP contribution in [0.4, 0.5) is 4.39 Å². The van der Waals surface area contributed by atoms with Gasteiger partial charge in [0.05, 0.1) is 12.1 Å². The van der Waals surface area contributed by atoms with E-state index >= 15 is 0 Å². The minimum atomic E-state index is -0.471. The van der Waals surface area contributed by atoms with E-state index in [1.54, 1.807) is 12.1 Å². The summed E-state index contributed by atoms with van der Waals surface area (Å²) in [6, 6.07) is 6.64. The third kappa shape index (κ3) is 3.31. The molecule has 0 N–H and O–H groups in total. The number of aromatic nitrogens is 2. The molecule has 3 rings (SSSR count).